The first-order chi connectivity index (χ1) is 20.0. The minimum Gasteiger partial charge on any atom is -0.497 e. The molecule has 0 aliphatic carbocycles. The molecular weight excluding hydrogens is 610 g/mol. The van der Waals surface area contributed by atoms with E-state index in [0.29, 0.717) is 16.3 Å². The smallest absolute Gasteiger partial charge is 0.260 e. The van der Waals surface area contributed by atoms with Gasteiger partial charge in [-0.1, -0.05) is 29.8 Å². The zero-order valence-corrected chi connectivity index (χ0v) is 24.7. The van der Waals surface area contributed by atoms with Crippen LogP contribution in [0.3, 0.4) is 0 Å². The van der Waals surface area contributed by atoms with Crippen LogP contribution in [0.5, 0.6) is 11.5 Å². The predicted molar refractivity (Wildman–Crippen MR) is 156 cm³/mol. The first-order valence-corrected chi connectivity index (χ1v) is 16.0. The topological polar surface area (TPSA) is 102 Å². The number of halogens is 3. The van der Waals surface area contributed by atoms with Crippen LogP contribution in [0, 0.1) is 11.6 Å². The van der Waals surface area contributed by atoms with E-state index in [0.717, 1.165) is 22.6 Å². The zero-order valence-electron chi connectivity index (χ0n) is 22.3. The average Bonchev–Trinajstić information content (AvgIpc) is 2.97. The third kappa shape index (κ3) is 7.77. The van der Waals surface area contributed by atoms with E-state index in [1.54, 1.807) is 36.4 Å². The molecule has 0 aliphatic heterocycles. The largest absolute Gasteiger partial charge is 0.497 e. The number of anilines is 1. The lowest BCUT2D eigenvalue weighted by Gasteiger charge is -2.25. The quantitative estimate of drug-likeness (QED) is 0.140. The SMILES string of the molecule is COc1ccc(S(=O)(=O)CCCOc2ccccc2CN(Nc2cc(F)ccc2F)S(=O)(=O)c2ccc(Cl)cc2)cc1. The summed E-state index contributed by atoms with van der Waals surface area (Å²) in [7, 11) is -6.40. The highest BCUT2D eigenvalue weighted by Gasteiger charge is 2.27. The van der Waals surface area contributed by atoms with Crippen LogP contribution in [-0.4, -0.2) is 40.7 Å². The van der Waals surface area contributed by atoms with Crippen LogP contribution in [0.25, 0.3) is 0 Å². The van der Waals surface area contributed by atoms with Gasteiger partial charge in [0.1, 0.15) is 23.1 Å². The lowest BCUT2D eigenvalue weighted by Crippen LogP contribution is -2.36. The molecule has 42 heavy (non-hydrogen) atoms. The Morgan fingerprint density at radius 3 is 2.21 bits per heavy atom. The summed E-state index contributed by atoms with van der Waals surface area (Å²) < 4.78 is 92.7. The lowest BCUT2D eigenvalue weighted by atomic mass is 10.2. The van der Waals surface area contributed by atoms with Gasteiger partial charge in [0.05, 0.1) is 41.5 Å². The van der Waals surface area contributed by atoms with Crippen LogP contribution in [0.15, 0.2) is 101 Å². The first-order valence-electron chi connectivity index (χ1n) is 12.6. The molecule has 8 nitrogen and oxygen atoms in total. The van der Waals surface area contributed by atoms with Crippen molar-refractivity contribution in [2.75, 3.05) is 24.9 Å². The molecule has 4 aromatic carbocycles. The van der Waals surface area contributed by atoms with Gasteiger partial charge in [-0.05, 0) is 73.2 Å². The number of sulfonamides is 1. The van der Waals surface area contributed by atoms with Crippen molar-refractivity contribution in [2.24, 2.45) is 0 Å². The van der Waals surface area contributed by atoms with Crippen LogP contribution in [0.4, 0.5) is 14.5 Å². The predicted octanol–water partition coefficient (Wildman–Crippen LogP) is 6.09. The molecule has 0 bridgehead atoms. The van der Waals surface area contributed by atoms with Crippen LogP contribution in [-0.2, 0) is 26.4 Å². The van der Waals surface area contributed by atoms with Gasteiger partial charge in [-0.2, -0.15) is 0 Å². The molecule has 0 fully saturated rings. The molecule has 4 aromatic rings. The van der Waals surface area contributed by atoms with Gasteiger partial charge in [0, 0.05) is 16.7 Å². The Kier molecular flexibility index (Phi) is 10.0. The number of rotatable bonds is 13. The number of hydrazine groups is 1. The molecule has 0 atom stereocenters. The van der Waals surface area contributed by atoms with E-state index in [4.69, 9.17) is 21.1 Å². The van der Waals surface area contributed by atoms with Gasteiger partial charge in [0.15, 0.2) is 9.84 Å². The molecule has 0 saturated carbocycles. The highest BCUT2D eigenvalue weighted by atomic mass is 35.5. The van der Waals surface area contributed by atoms with Gasteiger partial charge in [-0.3, -0.25) is 0 Å². The molecule has 0 radical (unpaired) electrons. The van der Waals surface area contributed by atoms with Crippen LogP contribution in [0.2, 0.25) is 5.02 Å². The number of hydrogen-bond acceptors (Lipinski definition) is 7. The molecule has 222 valence electrons. The van der Waals surface area contributed by atoms with E-state index in [2.05, 4.69) is 5.43 Å². The van der Waals surface area contributed by atoms with Gasteiger partial charge in [-0.25, -0.2) is 25.6 Å². The molecule has 4 rings (SSSR count). The molecule has 0 unspecified atom stereocenters. The minimum atomic E-state index is -4.31. The van der Waals surface area contributed by atoms with Crippen molar-refractivity contribution in [2.45, 2.75) is 22.8 Å². The standard InChI is InChI=1S/C29H27ClF2N2O6S2/c1-39-24-10-14-25(15-11-24)41(35,36)18-4-17-40-29-6-3-2-5-21(29)20-34(33-28-19-23(31)9-16-27(28)32)42(37,38)26-12-7-22(30)8-13-26/h2-3,5-16,19,33H,4,17-18,20H2,1H3. The van der Waals surface area contributed by atoms with Gasteiger partial charge in [0.25, 0.3) is 10.0 Å². The maximum absolute atomic E-state index is 14.5. The van der Waals surface area contributed by atoms with Crippen LogP contribution >= 0.6 is 11.6 Å². The first kappa shape index (κ1) is 31.2. The number of sulfone groups is 1. The lowest BCUT2D eigenvalue weighted by molar-refractivity contribution is 0.311. The number of nitrogens with one attached hydrogen (secondary N) is 1. The molecule has 0 aromatic heterocycles. The van der Waals surface area contributed by atoms with Gasteiger partial charge in [-0.15, -0.1) is 4.41 Å². The molecule has 0 amide bonds. The number of benzene rings is 4. The van der Waals surface area contributed by atoms with Crippen molar-refractivity contribution in [1.82, 2.24) is 4.41 Å². The van der Waals surface area contributed by atoms with E-state index in [-0.39, 0.29) is 40.9 Å². The Hall–Kier alpha value is -3.71. The van der Waals surface area contributed by atoms with E-state index in [1.165, 1.54) is 43.5 Å². The zero-order chi connectivity index (χ0) is 30.3. The fraction of sp³-hybridized carbons (Fsp3) is 0.172. The summed E-state index contributed by atoms with van der Waals surface area (Å²) in [4.78, 5) is 0.0146. The van der Waals surface area contributed by atoms with Gasteiger partial charge in [0.2, 0.25) is 0 Å². The van der Waals surface area contributed by atoms with Crippen molar-refractivity contribution >= 4 is 37.1 Å². The Morgan fingerprint density at radius 1 is 0.857 bits per heavy atom. The average molecular weight is 637 g/mol. The molecule has 0 saturated heterocycles. The number of ether oxygens (including phenoxy) is 2. The third-order valence-corrected chi connectivity index (χ3v) is 9.83. The second-order valence-electron chi connectivity index (χ2n) is 9.01. The second-order valence-corrected chi connectivity index (χ2v) is 13.4. The normalized spacial score (nSPS) is 11.8. The molecule has 0 aliphatic rings. The minimum absolute atomic E-state index is 0.0162. The van der Waals surface area contributed by atoms with Crippen molar-refractivity contribution in [3.05, 3.63) is 113 Å². The molecule has 0 spiro atoms. The number of methoxy groups -OCH3 is 1. The van der Waals surface area contributed by atoms with Crippen molar-refractivity contribution in [1.29, 1.82) is 0 Å². The van der Waals surface area contributed by atoms with Crippen LogP contribution in [0.1, 0.15) is 12.0 Å². The third-order valence-electron chi connectivity index (χ3n) is 6.10. The van der Waals surface area contributed by atoms with Crippen molar-refractivity contribution in [3.63, 3.8) is 0 Å². The fourth-order valence-corrected chi connectivity index (χ4v) is 6.57. The van der Waals surface area contributed by atoms with E-state index in [9.17, 15) is 25.6 Å². The summed E-state index contributed by atoms with van der Waals surface area (Å²) in [6.45, 7) is -0.330. The summed E-state index contributed by atoms with van der Waals surface area (Å²) in [6, 6.07) is 20.6. The van der Waals surface area contributed by atoms with Crippen molar-refractivity contribution < 1.29 is 35.1 Å². The summed E-state index contributed by atoms with van der Waals surface area (Å²) in [5.41, 5.74) is 2.48. The Labute approximate surface area is 248 Å². The van der Waals surface area contributed by atoms with Crippen molar-refractivity contribution in [3.8, 4) is 11.5 Å². The summed E-state index contributed by atoms with van der Waals surface area (Å²) in [5.74, 6) is -0.988. The van der Waals surface area contributed by atoms with E-state index < -0.39 is 37.2 Å². The van der Waals surface area contributed by atoms with E-state index >= 15 is 0 Å². The highest BCUT2D eigenvalue weighted by molar-refractivity contribution is 7.91. The summed E-state index contributed by atoms with van der Waals surface area (Å²) in [6.07, 6.45) is 0.155. The van der Waals surface area contributed by atoms with Crippen LogP contribution < -0.4 is 14.9 Å². The maximum Gasteiger partial charge on any atom is 0.260 e. The van der Waals surface area contributed by atoms with E-state index in [1.807, 2.05) is 0 Å². The summed E-state index contributed by atoms with van der Waals surface area (Å²) >= 11 is 5.92. The highest BCUT2D eigenvalue weighted by Crippen LogP contribution is 2.27. The fourth-order valence-electron chi connectivity index (χ4n) is 3.90. The van der Waals surface area contributed by atoms with Gasteiger partial charge < -0.3 is 14.9 Å². The summed E-state index contributed by atoms with van der Waals surface area (Å²) in [5, 5.41) is 0.317. The second kappa shape index (κ2) is 13.5. The Balaban J connectivity index is 1.53. The molecular formula is C29H27ClF2N2O6S2. The molecule has 0 heterocycles. The number of para-hydroxylation sites is 1. The number of hydrogen-bond donors (Lipinski definition) is 1. The number of nitrogens with zero attached hydrogens (tertiary/aromatic N) is 1. The Morgan fingerprint density at radius 2 is 1.52 bits per heavy atom. The maximum atomic E-state index is 14.5. The molecule has 13 heteroatoms. The van der Waals surface area contributed by atoms with Gasteiger partial charge >= 0.3 is 0 Å². The molecule has 1 N–H and O–H groups in total. The Bertz CT molecular complexity index is 1740. The monoisotopic (exact) mass is 636 g/mol.